The van der Waals surface area contributed by atoms with Crippen LogP contribution in [0.4, 0.5) is 4.79 Å². The Hall–Kier alpha value is -2.53. The number of ether oxygens (including phenoxy) is 1. The molecule has 0 spiro atoms. The minimum atomic E-state index is -0.839. The monoisotopic (exact) mass is 368 g/mol. The summed E-state index contributed by atoms with van der Waals surface area (Å²) >= 11 is 0. The molecule has 1 amide bonds. The van der Waals surface area contributed by atoms with E-state index < -0.39 is 6.09 Å². The van der Waals surface area contributed by atoms with Crippen molar-refractivity contribution in [2.45, 2.75) is 44.3 Å². The predicted octanol–water partition coefficient (Wildman–Crippen LogP) is 4.37. The molecular weight excluding hydrogens is 340 g/mol. The smallest absolute Gasteiger partial charge is 0.407 e. The fourth-order valence-corrected chi connectivity index (χ4v) is 3.80. The molecule has 1 aliphatic carbocycles. The molecule has 2 aromatic carbocycles. The number of hydrogen-bond acceptors (Lipinski definition) is 3. The number of amides is 1. The van der Waals surface area contributed by atoms with Gasteiger partial charge >= 0.3 is 6.09 Å². The zero-order chi connectivity index (χ0) is 19.2. The van der Waals surface area contributed by atoms with E-state index in [9.17, 15) is 4.79 Å². The lowest BCUT2D eigenvalue weighted by Crippen LogP contribution is -2.42. The summed E-state index contributed by atoms with van der Waals surface area (Å²) in [6.45, 7) is 0.744. The first-order valence-corrected chi connectivity index (χ1v) is 9.50. The molecule has 144 valence electrons. The third-order valence-corrected chi connectivity index (χ3v) is 5.51. The van der Waals surface area contributed by atoms with Crippen molar-refractivity contribution in [1.29, 1.82) is 0 Å². The molecule has 0 heterocycles. The number of benzene rings is 2. The Bertz CT molecular complexity index is 755. The van der Waals surface area contributed by atoms with E-state index in [4.69, 9.17) is 9.84 Å². The summed E-state index contributed by atoms with van der Waals surface area (Å²) in [5.41, 5.74) is 3.52. The first-order valence-electron chi connectivity index (χ1n) is 9.50. The molecule has 1 saturated carbocycles. The Labute approximate surface area is 161 Å². The van der Waals surface area contributed by atoms with E-state index >= 15 is 0 Å². The maximum Gasteiger partial charge on any atom is 0.407 e. The van der Waals surface area contributed by atoms with Gasteiger partial charge in [0, 0.05) is 31.2 Å². The molecule has 0 bridgehead atoms. The average Bonchev–Trinajstić information content (AvgIpc) is 2.72. The van der Waals surface area contributed by atoms with Crippen molar-refractivity contribution in [2.75, 3.05) is 14.2 Å². The summed E-state index contributed by atoms with van der Waals surface area (Å²) in [5, 5.41) is 12.8. The maximum absolute atomic E-state index is 11.1. The molecule has 1 fully saturated rings. The van der Waals surface area contributed by atoms with Gasteiger partial charge in [-0.25, -0.2) is 4.79 Å². The third-order valence-electron chi connectivity index (χ3n) is 5.51. The summed E-state index contributed by atoms with van der Waals surface area (Å²) in [6, 6.07) is 17.2. The van der Waals surface area contributed by atoms with Crippen LogP contribution in [0.1, 0.15) is 31.2 Å². The Balaban J connectivity index is 1.62. The third kappa shape index (κ3) is 4.80. The molecule has 2 N–H and O–H groups in total. The van der Waals surface area contributed by atoms with Crippen LogP contribution < -0.4 is 10.1 Å². The summed E-state index contributed by atoms with van der Waals surface area (Å²) in [5.74, 6) is 0.890. The predicted molar refractivity (Wildman–Crippen MR) is 107 cm³/mol. The standard InChI is InChI=1S/C22H28N2O3/c1-24(22(25)26)20-11-9-19(10-12-20)23-15-18-14-17(8-13-21(18)27-2)16-6-4-3-5-7-16/h3-8,13-14,19-20,23H,9-12,15H2,1-2H3,(H,25,26). The van der Waals surface area contributed by atoms with Crippen LogP contribution in [0, 0.1) is 0 Å². The fraction of sp³-hybridized carbons (Fsp3) is 0.409. The van der Waals surface area contributed by atoms with Gasteiger partial charge < -0.3 is 20.1 Å². The highest BCUT2D eigenvalue weighted by atomic mass is 16.5. The lowest BCUT2D eigenvalue weighted by molar-refractivity contribution is 0.122. The lowest BCUT2D eigenvalue weighted by Gasteiger charge is -2.33. The Kier molecular flexibility index (Phi) is 6.35. The first kappa shape index (κ1) is 19.2. The topological polar surface area (TPSA) is 61.8 Å². The van der Waals surface area contributed by atoms with Gasteiger partial charge in [0.15, 0.2) is 0 Å². The summed E-state index contributed by atoms with van der Waals surface area (Å²) in [7, 11) is 3.37. The van der Waals surface area contributed by atoms with Crippen LogP contribution in [-0.4, -0.2) is 42.3 Å². The Morgan fingerprint density at radius 2 is 1.81 bits per heavy atom. The van der Waals surface area contributed by atoms with Gasteiger partial charge in [-0.3, -0.25) is 0 Å². The van der Waals surface area contributed by atoms with Gasteiger partial charge in [0.25, 0.3) is 0 Å². The largest absolute Gasteiger partial charge is 0.496 e. The maximum atomic E-state index is 11.1. The second kappa shape index (κ2) is 8.91. The van der Waals surface area contributed by atoms with E-state index in [1.807, 2.05) is 24.3 Å². The van der Waals surface area contributed by atoms with Crippen molar-refractivity contribution in [3.05, 3.63) is 54.1 Å². The molecule has 0 aliphatic heterocycles. The van der Waals surface area contributed by atoms with Crippen LogP contribution in [-0.2, 0) is 6.54 Å². The molecule has 0 saturated heterocycles. The molecule has 2 aromatic rings. The van der Waals surface area contributed by atoms with Gasteiger partial charge in [-0.15, -0.1) is 0 Å². The van der Waals surface area contributed by atoms with Crippen molar-refractivity contribution in [2.24, 2.45) is 0 Å². The van der Waals surface area contributed by atoms with Crippen molar-refractivity contribution >= 4 is 6.09 Å². The molecule has 0 aromatic heterocycles. The van der Waals surface area contributed by atoms with E-state index in [-0.39, 0.29) is 6.04 Å². The SMILES string of the molecule is COc1ccc(-c2ccccc2)cc1CNC1CCC(N(C)C(=O)O)CC1. The van der Waals surface area contributed by atoms with Gasteiger partial charge in [0.1, 0.15) is 5.75 Å². The molecule has 3 rings (SSSR count). The summed E-state index contributed by atoms with van der Waals surface area (Å²) < 4.78 is 5.54. The zero-order valence-electron chi connectivity index (χ0n) is 16.0. The number of rotatable bonds is 6. The number of hydrogen-bond donors (Lipinski definition) is 2. The van der Waals surface area contributed by atoms with Crippen molar-refractivity contribution in [3.63, 3.8) is 0 Å². The Morgan fingerprint density at radius 3 is 2.44 bits per heavy atom. The second-order valence-corrected chi connectivity index (χ2v) is 7.17. The summed E-state index contributed by atoms with van der Waals surface area (Å²) in [6.07, 6.45) is 2.95. The molecular formula is C22H28N2O3. The van der Waals surface area contributed by atoms with E-state index in [1.165, 1.54) is 16.0 Å². The second-order valence-electron chi connectivity index (χ2n) is 7.17. The quantitative estimate of drug-likeness (QED) is 0.795. The van der Waals surface area contributed by atoms with Crippen LogP contribution in [0.15, 0.2) is 48.5 Å². The zero-order valence-corrected chi connectivity index (χ0v) is 16.0. The highest BCUT2D eigenvalue weighted by Crippen LogP contribution is 2.28. The number of nitrogens with one attached hydrogen (secondary N) is 1. The number of methoxy groups -OCH3 is 1. The van der Waals surface area contributed by atoms with Gasteiger partial charge in [0.05, 0.1) is 7.11 Å². The molecule has 0 unspecified atom stereocenters. The fourth-order valence-electron chi connectivity index (χ4n) is 3.80. The van der Waals surface area contributed by atoms with E-state index in [0.717, 1.165) is 43.5 Å². The number of carboxylic acid groups (broad SMARTS) is 1. The first-order chi connectivity index (χ1) is 13.1. The Morgan fingerprint density at radius 1 is 1.11 bits per heavy atom. The van der Waals surface area contributed by atoms with Crippen molar-refractivity contribution in [1.82, 2.24) is 10.2 Å². The van der Waals surface area contributed by atoms with Crippen LogP contribution >= 0.6 is 0 Å². The van der Waals surface area contributed by atoms with E-state index in [2.05, 4.69) is 29.6 Å². The van der Waals surface area contributed by atoms with Crippen LogP contribution in [0.5, 0.6) is 5.75 Å². The minimum absolute atomic E-state index is 0.136. The minimum Gasteiger partial charge on any atom is -0.496 e. The van der Waals surface area contributed by atoms with E-state index in [0.29, 0.717) is 6.04 Å². The molecule has 27 heavy (non-hydrogen) atoms. The molecule has 0 radical (unpaired) electrons. The number of nitrogens with zero attached hydrogens (tertiary/aromatic N) is 1. The van der Waals surface area contributed by atoms with Crippen LogP contribution in [0.3, 0.4) is 0 Å². The highest BCUT2D eigenvalue weighted by molar-refractivity contribution is 5.66. The van der Waals surface area contributed by atoms with Gasteiger partial charge in [-0.05, 0) is 48.9 Å². The number of carbonyl (C=O) groups is 1. The van der Waals surface area contributed by atoms with E-state index in [1.54, 1.807) is 14.2 Å². The van der Waals surface area contributed by atoms with Gasteiger partial charge in [-0.2, -0.15) is 0 Å². The van der Waals surface area contributed by atoms with Gasteiger partial charge in [-0.1, -0.05) is 36.4 Å². The highest BCUT2D eigenvalue weighted by Gasteiger charge is 2.26. The van der Waals surface area contributed by atoms with Crippen molar-refractivity contribution in [3.8, 4) is 16.9 Å². The summed E-state index contributed by atoms with van der Waals surface area (Å²) in [4.78, 5) is 12.6. The molecule has 1 aliphatic rings. The van der Waals surface area contributed by atoms with Crippen molar-refractivity contribution < 1.29 is 14.6 Å². The molecule has 5 nitrogen and oxygen atoms in total. The van der Waals surface area contributed by atoms with Crippen LogP contribution in [0.2, 0.25) is 0 Å². The normalized spacial score (nSPS) is 19.5. The van der Waals surface area contributed by atoms with Gasteiger partial charge in [0.2, 0.25) is 0 Å². The van der Waals surface area contributed by atoms with Crippen LogP contribution in [0.25, 0.3) is 11.1 Å². The lowest BCUT2D eigenvalue weighted by atomic mass is 9.90. The molecule has 5 heteroatoms. The average molecular weight is 368 g/mol. The molecule has 0 atom stereocenters.